The predicted octanol–water partition coefficient (Wildman–Crippen LogP) is 3.00. The molecule has 1 N–H and O–H groups in total. The molecule has 1 saturated heterocycles. The molecule has 0 spiro atoms. The van der Waals surface area contributed by atoms with Gasteiger partial charge in [-0.2, -0.15) is 0 Å². The van der Waals surface area contributed by atoms with Crippen molar-refractivity contribution in [2.75, 3.05) is 51.3 Å². The standard InChI is InChI=1S/C25H29N3O4/c1-2-32-21-12-7-6-11-20(21)26-23-22(19-9-4-3-5-10-19)24(29)28(25(23)30)14-8-13-27-15-17-31-18-16-27/h3-7,9-12,26H,2,8,13-18H2,1H3. The van der Waals surface area contributed by atoms with Gasteiger partial charge in [0, 0.05) is 26.2 Å². The number of nitrogens with zero attached hydrogens (tertiary/aromatic N) is 2. The van der Waals surface area contributed by atoms with Crippen molar-refractivity contribution in [1.82, 2.24) is 9.80 Å². The van der Waals surface area contributed by atoms with Gasteiger partial charge in [0.15, 0.2) is 0 Å². The molecule has 2 aromatic rings. The molecule has 32 heavy (non-hydrogen) atoms. The van der Waals surface area contributed by atoms with Crippen molar-refractivity contribution in [3.8, 4) is 5.75 Å². The van der Waals surface area contributed by atoms with Gasteiger partial charge >= 0.3 is 0 Å². The zero-order chi connectivity index (χ0) is 22.3. The second-order valence-electron chi connectivity index (χ2n) is 7.74. The van der Waals surface area contributed by atoms with E-state index in [-0.39, 0.29) is 11.8 Å². The summed E-state index contributed by atoms with van der Waals surface area (Å²) in [5.74, 6) is 0.0719. The molecule has 2 aliphatic heterocycles. The summed E-state index contributed by atoms with van der Waals surface area (Å²) in [6, 6.07) is 16.8. The van der Waals surface area contributed by atoms with Crippen LogP contribution in [0.15, 0.2) is 60.3 Å². The fourth-order valence-electron chi connectivity index (χ4n) is 4.03. The Morgan fingerprint density at radius 1 is 0.938 bits per heavy atom. The molecule has 7 nitrogen and oxygen atoms in total. The largest absolute Gasteiger partial charge is 0.492 e. The van der Waals surface area contributed by atoms with E-state index in [9.17, 15) is 9.59 Å². The summed E-state index contributed by atoms with van der Waals surface area (Å²) >= 11 is 0. The summed E-state index contributed by atoms with van der Waals surface area (Å²) < 4.78 is 11.1. The van der Waals surface area contributed by atoms with Gasteiger partial charge in [-0.1, -0.05) is 42.5 Å². The van der Waals surface area contributed by atoms with Crippen LogP contribution in [0.4, 0.5) is 5.69 Å². The van der Waals surface area contributed by atoms with Gasteiger partial charge in [-0.15, -0.1) is 0 Å². The quantitative estimate of drug-likeness (QED) is 0.611. The number of hydrogen-bond acceptors (Lipinski definition) is 6. The maximum absolute atomic E-state index is 13.4. The highest BCUT2D eigenvalue weighted by Crippen LogP contribution is 2.33. The van der Waals surface area contributed by atoms with E-state index in [4.69, 9.17) is 9.47 Å². The highest BCUT2D eigenvalue weighted by atomic mass is 16.5. The van der Waals surface area contributed by atoms with E-state index in [1.807, 2.05) is 61.5 Å². The van der Waals surface area contributed by atoms with Crippen molar-refractivity contribution in [3.63, 3.8) is 0 Å². The van der Waals surface area contributed by atoms with Crippen molar-refractivity contribution in [2.24, 2.45) is 0 Å². The first-order valence-corrected chi connectivity index (χ1v) is 11.1. The number of nitrogens with one attached hydrogen (secondary N) is 1. The molecule has 0 unspecified atom stereocenters. The summed E-state index contributed by atoms with van der Waals surface area (Å²) in [6.45, 7) is 6.85. The summed E-state index contributed by atoms with van der Waals surface area (Å²) in [7, 11) is 0. The lowest BCUT2D eigenvalue weighted by molar-refractivity contribution is -0.136. The molecule has 0 aromatic heterocycles. The van der Waals surface area contributed by atoms with Gasteiger partial charge in [0.2, 0.25) is 0 Å². The molecule has 0 atom stereocenters. The van der Waals surface area contributed by atoms with Crippen LogP contribution in [0.2, 0.25) is 0 Å². The normalized spacial score (nSPS) is 17.2. The highest BCUT2D eigenvalue weighted by Gasteiger charge is 2.39. The number of imide groups is 1. The second-order valence-corrected chi connectivity index (χ2v) is 7.74. The van der Waals surface area contributed by atoms with Crippen molar-refractivity contribution >= 4 is 23.1 Å². The molecule has 0 saturated carbocycles. The Kier molecular flexibility index (Phi) is 7.19. The predicted molar refractivity (Wildman–Crippen MR) is 123 cm³/mol. The van der Waals surface area contributed by atoms with Gasteiger partial charge in [-0.3, -0.25) is 19.4 Å². The number of ether oxygens (including phenoxy) is 2. The topological polar surface area (TPSA) is 71.1 Å². The molecule has 4 rings (SSSR count). The molecule has 0 aliphatic carbocycles. The van der Waals surface area contributed by atoms with Crippen molar-refractivity contribution < 1.29 is 19.1 Å². The smallest absolute Gasteiger partial charge is 0.278 e. The number of benzene rings is 2. The summed E-state index contributed by atoms with van der Waals surface area (Å²) in [4.78, 5) is 30.4. The second kappa shape index (κ2) is 10.4. The van der Waals surface area contributed by atoms with Gasteiger partial charge < -0.3 is 14.8 Å². The molecule has 2 aromatic carbocycles. The summed E-state index contributed by atoms with van der Waals surface area (Å²) in [5.41, 5.74) is 2.07. The first kappa shape index (κ1) is 22.0. The molecule has 0 radical (unpaired) electrons. The minimum absolute atomic E-state index is 0.264. The minimum Gasteiger partial charge on any atom is -0.492 e. The van der Waals surface area contributed by atoms with Crippen molar-refractivity contribution in [1.29, 1.82) is 0 Å². The van der Waals surface area contributed by atoms with Gasteiger partial charge in [0.05, 0.1) is 31.1 Å². The molecule has 2 amide bonds. The molecular formula is C25H29N3O4. The Morgan fingerprint density at radius 2 is 1.66 bits per heavy atom. The lowest BCUT2D eigenvalue weighted by Gasteiger charge is -2.27. The van der Waals surface area contributed by atoms with E-state index in [0.29, 0.717) is 35.9 Å². The third-order valence-corrected chi connectivity index (χ3v) is 5.64. The molecule has 2 aliphatic rings. The number of para-hydroxylation sites is 2. The average molecular weight is 436 g/mol. The Balaban J connectivity index is 1.57. The average Bonchev–Trinajstić information content (AvgIpc) is 3.06. The number of morpholine rings is 1. The Hall–Kier alpha value is -3.16. The number of carbonyl (C=O) groups is 2. The van der Waals surface area contributed by atoms with E-state index < -0.39 is 0 Å². The first-order valence-electron chi connectivity index (χ1n) is 11.1. The maximum atomic E-state index is 13.4. The maximum Gasteiger partial charge on any atom is 0.278 e. The Bertz CT molecular complexity index is 984. The third-order valence-electron chi connectivity index (χ3n) is 5.64. The number of amides is 2. The fraction of sp³-hybridized carbons (Fsp3) is 0.360. The van der Waals surface area contributed by atoms with Gasteiger partial charge in [0.1, 0.15) is 11.4 Å². The van der Waals surface area contributed by atoms with Crippen LogP contribution in [0.3, 0.4) is 0 Å². The number of rotatable bonds is 9. The van der Waals surface area contributed by atoms with Crippen LogP contribution in [0.1, 0.15) is 18.9 Å². The lowest BCUT2D eigenvalue weighted by Crippen LogP contribution is -2.39. The minimum atomic E-state index is -0.304. The van der Waals surface area contributed by atoms with E-state index in [2.05, 4.69) is 10.2 Å². The van der Waals surface area contributed by atoms with Crippen LogP contribution in [-0.4, -0.2) is 67.6 Å². The molecule has 168 valence electrons. The van der Waals surface area contributed by atoms with Crippen LogP contribution in [0.5, 0.6) is 5.75 Å². The van der Waals surface area contributed by atoms with E-state index in [1.54, 1.807) is 0 Å². The Morgan fingerprint density at radius 3 is 2.41 bits per heavy atom. The number of hydrogen-bond donors (Lipinski definition) is 1. The molecule has 7 heteroatoms. The van der Waals surface area contributed by atoms with Crippen LogP contribution in [0.25, 0.3) is 5.57 Å². The van der Waals surface area contributed by atoms with Crippen molar-refractivity contribution in [2.45, 2.75) is 13.3 Å². The van der Waals surface area contributed by atoms with Crippen LogP contribution in [-0.2, 0) is 14.3 Å². The number of carbonyl (C=O) groups excluding carboxylic acids is 2. The van der Waals surface area contributed by atoms with E-state index >= 15 is 0 Å². The Labute approximate surface area is 188 Å². The third kappa shape index (κ3) is 4.84. The van der Waals surface area contributed by atoms with Crippen LogP contribution < -0.4 is 10.1 Å². The monoisotopic (exact) mass is 435 g/mol. The molecule has 0 bridgehead atoms. The zero-order valence-corrected chi connectivity index (χ0v) is 18.4. The SMILES string of the molecule is CCOc1ccccc1NC1=C(c2ccccc2)C(=O)N(CCCN2CCOCC2)C1=O. The fourth-order valence-corrected chi connectivity index (χ4v) is 4.03. The summed E-state index contributed by atoms with van der Waals surface area (Å²) in [6.07, 6.45) is 0.725. The van der Waals surface area contributed by atoms with Crippen molar-refractivity contribution in [3.05, 3.63) is 65.9 Å². The molecular weight excluding hydrogens is 406 g/mol. The van der Waals surface area contributed by atoms with Gasteiger partial charge in [-0.05, 0) is 31.0 Å². The first-order chi connectivity index (χ1) is 15.7. The molecule has 2 heterocycles. The van der Waals surface area contributed by atoms with Gasteiger partial charge in [0.25, 0.3) is 11.8 Å². The zero-order valence-electron chi connectivity index (χ0n) is 18.4. The lowest BCUT2D eigenvalue weighted by atomic mass is 10.0. The summed E-state index contributed by atoms with van der Waals surface area (Å²) in [5, 5.41) is 3.21. The van der Waals surface area contributed by atoms with Crippen LogP contribution >= 0.6 is 0 Å². The highest BCUT2D eigenvalue weighted by molar-refractivity contribution is 6.36. The van der Waals surface area contributed by atoms with Crippen LogP contribution in [0, 0.1) is 0 Å². The van der Waals surface area contributed by atoms with Gasteiger partial charge in [-0.25, -0.2) is 0 Å². The number of anilines is 1. The van der Waals surface area contributed by atoms with E-state index in [1.165, 1.54) is 4.90 Å². The molecule has 1 fully saturated rings. The van der Waals surface area contributed by atoms with E-state index in [0.717, 1.165) is 44.8 Å².